The Morgan fingerprint density at radius 1 is 1.16 bits per heavy atom. The average Bonchev–Trinajstić information content (AvgIpc) is 2.42. The molecule has 0 atom stereocenters. The molecule has 0 aliphatic heterocycles. The van der Waals surface area contributed by atoms with Gasteiger partial charge in [-0.2, -0.15) is 0 Å². The van der Waals surface area contributed by atoms with Crippen LogP contribution in [0.3, 0.4) is 0 Å². The molecule has 0 spiro atoms. The number of carbonyl (C=O) groups is 1. The third kappa shape index (κ3) is 5.46. The van der Waals surface area contributed by atoms with Crippen LogP contribution in [0.1, 0.15) is 36.0 Å². The number of unbranched alkanes of at least 4 members (excludes halogenated alkanes) is 3. The number of nitro benzene ring substituents is 1. The number of hydrogen-bond acceptors (Lipinski definition) is 4. The van der Waals surface area contributed by atoms with E-state index in [1.807, 2.05) is 0 Å². The third-order valence-corrected chi connectivity index (χ3v) is 2.57. The molecule has 1 rings (SSSR count). The lowest BCUT2D eigenvalue weighted by molar-refractivity contribution is -0.384. The minimum atomic E-state index is -0.528. The minimum Gasteiger partial charge on any atom is -0.462 e. The van der Waals surface area contributed by atoms with Crippen molar-refractivity contribution in [3.05, 3.63) is 39.9 Å². The lowest BCUT2D eigenvalue weighted by Gasteiger charge is -2.04. The largest absolute Gasteiger partial charge is 0.462 e. The summed E-state index contributed by atoms with van der Waals surface area (Å²) in [4.78, 5) is 21.5. The molecular formula is C13H16FNO4. The maximum Gasteiger partial charge on any atom is 0.338 e. The summed E-state index contributed by atoms with van der Waals surface area (Å²) in [5.74, 6) is -0.500. The van der Waals surface area contributed by atoms with Crippen molar-refractivity contribution in [2.75, 3.05) is 13.3 Å². The zero-order chi connectivity index (χ0) is 14.1. The van der Waals surface area contributed by atoms with Gasteiger partial charge in [0.25, 0.3) is 5.69 Å². The quantitative estimate of drug-likeness (QED) is 0.314. The smallest absolute Gasteiger partial charge is 0.338 e. The summed E-state index contributed by atoms with van der Waals surface area (Å²) < 4.78 is 16.8. The van der Waals surface area contributed by atoms with Crippen molar-refractivity contribution in [3.8, 4) is 0 Å². The molecule has 0 saturated heterocycles. The van der Waals surface area contributed by atoms with E-state index in [1.54, 1.807) is 0 Å². The van der Waals surface area contributed by atoms with Crippen molar-refractivity contribution in [2.24, 2.45) is 0 Å². The van der Waals surface area contributed by atoms with Gasteiger partial charge >= 0.3 is 5.97 Å². The number of carbonyl (C=O) groups excluding carboxylic acids is 1. The number of ether oxygens (including phenoxy) is 1. The molecule has 1 aromatic rings. The Morgan fingerprint density at radius 2 is 1.79 bits per heavy atom. The zero-order valence-corrected chi connectivity index (χ0v) is 10.5. The van der Waals surface area contributed by atoms with Crippen molar-refractivity contribution >= 4 is 11.7 Å². The number of alkyl halides is 1. The predicted octanol–water partition coefficient (Wildman–Crippen LogP) is 3.28. The Hall–Kier alpha value is -1.98. The number of hydrogen-bond donors (Lipinski definition) is 0. The molecule has 0 unspecified atom stereocenters. The van der Waals surface area contributed by atoms with Gasteiger partial charge in [-0.1, -0.05) is 6.42 Å². The van der Waals surface area contributed by atoms with E-state index < -0.39 is 10.9 Å². The highest BCUT2D eigenvalue weighted by molar-refractivity contribution is 5.89. The summed E-state index contributed by atoms with van der Waals surface area (Å²) >= 11 is 0. The maximum absolute atomic E-state index is 11.8. The molecule has 0 fully saturated rings. The highest BCUT2D eigenvalue weighted by atomic mass is 19.1. The summed E-state index contributed by atoms with van der Waals surface area (Å²) in [5, 5.41) is 10.4. The van der Waals surface area contributed by atoms with Gasteiger partial charge in [-0.15, -0.1) is 0 Å². The third-order valence-electron chi connectivity index (χ3n) is 2.57. The number of non-ortho nitro benzene ring substituents is 1. The van der Waals surface area contributed by atoms with E-state index in [1.165, 1.54) is 24.3 Å². The van der Waals surface area contributed by atoms with Crippen molar-refractivity contribution in [1.82, 2.24) is 0 Å². The van der Waals surface area contributed by atoms with E-state index in [-0.39, 0.29) is 24.5 Å². The second-order valence-electron chi connectivity index (χ2n) is 4.04. The Morgan fingerprint density at radius 3 is 2.37 bits per heavy atom. The van der Waals surface area contributed by atoms with E-state index >= 15 is 0 Å². The van der Waals surface area contributed by atoms with E-state index in [0.717, 1.165) is 12.8 Å². The summed E-state index contributed by atoms with van der Waals surface area (Å²) in [6.07, 6.45) is 2.83. The molecule has 0 aromatic heterocycles. The first kappa shape index (κ1) is 15.1. The van der Waals surface area contributed by atoms with Crippen LogP contribution in [0.4, 0.5) is 10.1 Å². The van der Waals surface area contributed by atoms with Crippen molar-refractivity contribution in [3.63, 3.8) is 0 Å². The van der Waals surface area contributed by atoms with Gasteiger partial charge in [0.15, 0.2) is 0 Å². The van der Waals surface area contributed by atoms with Crippen LogP contribution in [0.25, 0.3) is 0 Å². The normalized spacial score (nSPS) is 10.2. The molecule has 19 heavy (non-hydrogen) atoms. The second kappa shape index (κ2) is 8.18. The van der Waals surface area contributed by atoms with Gasteiger partial charge in [-0.3, -0.25) is 14.5 Å². The van der Waals surface area contributed by atoms with Gasteiger partial charge in [-0.25, -0.2) is 4.79 Å². The maximum atomic E-state index is 11.8. The molecule has 0 heterocycles. The van der Waals surface area contributed by atoms with Crippen molar-refractivity contribution in [1.29, 1.82) is 0 Å². The Labute approximate surface area is 110 Å². The number of nitrogens with zero attached hydrogens (tertiary/aromatic N) is 1. The van der Waals surface area contributed by atoms with E-state index in [0.29, 0.717) is 12.8 Å². The lowest BCUT2D eigenvalue weighted by Crippen LogP contribution is -2.06. The predicted molar refractivity (Wildman–Crippen MR) is 67.8 cm³/mol. The van der Waals surface area contributed by atoms with Crippen LogP contribution in [0, 0.1) is 10.1 Å². The Balaban J connectivity index is 2.31. The van der Waals surface area contributed by atoms with Gasteiger partial charge in [-0.05, 0) is 31.4 Å². The minimum absolute atomic E-state index is 0.0669. The molecule has 0 aliphatic rings. The highest BCUT2D eigenvalue weighted by Crippen LogP contribution is 2.12. The van der Waals surface area contributed by atoms with Crippen LogP contribution in [-0.4, -0.2) is 24.2 Å². The molecule has 0 bridgehead atoms. The molecule has 0 N–H and O–H groups in total. The molecule has 0 saturated carbocycles. The van der Waals surface area contributed by atoms with Crippen LogP contribution in [0.2, 0.25) is 0 Å². The first-order valence-electron chi connectivity index (χ1n) is 6.12. The molecule has 6 heteroatoms. The molecule has 5 nitrogen and oxygen atoms in total. The van der Waals surface area contributed by atoms with E-state index in [9.17, 15) is 19.3 Å². The highest BCUT2D eigenvalue weighted by Gasteiger charge is 2.10. The van der Waals surface area contributed by atoms with Crippen LogP contribution >= 0.6 is 0 Å². The number of benzene rings is 1. The number of esters is 1. The van der Waals surface area contributed by atoms with Crippen molar-refractivity contribution < 1.29 is 18.8 Å². The molecule has 0 amide bonds. The molecule has 0 radical (unpaired) electrons. The topological polar surface area (TPSA) is 69.4 Å². The second-order valence-corrected chi connectivity index (χ2v) is 4.04. The molecular weight excluding hydrogens is 253 g/mol. The fourth-order valence-electron chi connectivity index (χ4n) is 1.52. The monoisotopic (exact) mass is 269 g/mol. The summed E-state index contributed by atoms with van der Waals surface area (Å²) in [6, 6.07) is 5.25. The first-order chi connectivity index (χ1) is 9.15. The number of halogens is 1. The van der Waals surface area contributed by atoms with Gasteiger partial charge in [0.2, 0.25) is 0 Å². The van der Waals surface area contributed by atoms with Crippen molar-refractivity contribution in [2.45, 2.75) is 25.7 Å². The molecule has 1 aromatic carbocycles. The Bertz CT molecular complexity index is 419. The van der Waals surface area contributed by atoms with Crippen LogP contribution < -0.4 is 0 Å². The first-order valence-corrected chi connectivity index (χ1v) is 6.12. The SMILES string of the molecule is O=C(OCCCCCCF)c1ccc([N+](=O)[O-])cc1. The summed E-state index contributed by atoms with van der Waals surface area (Å²) in [7, 11) is 0. The fraction of sp³-hybridized carbons (Fsp3) is 0.462. The zero-order valence-electron chi connectivity index (χ0n) is 10.5. The van der Waals surface area contributed by atoms with Gasteiger partial charge in [0.1, 0.15) is 0 Å². The molecule has 0 aliphatic carbocycles. The summed E-state index contributed by atoms with van der Waals surface area (Å²) in [6.45, 7) is -0.0370. The average molecular weight is 269 g/mol. The fourth-order valence-corrected chi connectivity index (χ4v) is 1.52. The Kier molecular flexibility index (Phi) is 6.49. The summed E-state index contributed by atoms with van der Waals surface area (Å²) in [5.41, 5.74) is 0.220. The van der Waals surface area contributed by atoms with Gasteiger partial charge in [0, 0.05) is 12.1 Å². The van der Waals surface area contributed by atoms with Crippen LogP contribution in [0.5, 0.6) is 0 Å². The number of nitro groups is 1. The van der Waals surface area contributed by atoms with Gasteiger partial charge < -0.3 is 4.74 Å². The lowest BCUT2D eigenvalue weighted by atomic mass is 10.2. The van der Waals surface area contributed by atoms with E-state index in [4.69, 9.17) is 4.74 Å². The van der Waals surface area contributed by atoms with E-state index in [2.05, 4.69) is 0 Å². The molecule has 104 valence electrons. The van der Waals surface area contributed by atoms with Gasteiger partial charge in [0.05, 0.1) is 23.8 Å². The van der Waals surface area contributed by atoms with Crippen LogP contribution in [0.15, 0.2) is 24.3 Å². The number of rotatable bonds is 8. The standard InChI is InChI=1S/C13H16FNO4/c14-9-3-1-2-4-10-19-13(16)11-5-7-12(8-6-11)15(17)18/h5-8H,1-4,9-10H2. The van der Waals surface area contributed by atoms with Crippen LogP contribution in [-0.2, 0) is 4.74 Å².